The molecule has 0 radical (unpaired) electrons. The average molecular weight is 257 g/mol. The van der Waals surface area contributed by atoms with Gasteiger partial charge in [0.25, 0.3) is 11.5 Å². The molecule has 0 saturated carbocycles. The summed E-state index contributed by atoms with van der Waals surface area (Å²) in [7, 11) is 0. The molecule has 1 rings (SSSR count). The largest absolute Gasteiger partial charge is 0.480 e. The van der Waals surface area contributed by atoms with Gasteiger partial charge in [-0.1, -0.05) is 0 Å². The van der Waals surface area contributed by atoms with Crippen molar-refractivity contribution < 1.29 is 19.8 Å². The van der Waals surface area contributed by atoms with Crippen LogP contribution in [0.4, 0.5) is 0 Å². The molecule has 9 nitrogen and oxygen atoms in total. The van der Waals surface area contributed by atoms with Gasteiger partial charge in [-0.05, 0) is 6.92 Å². The number of aliphatic carboxylic acids is 1. The molecule has 2 atom stereocenters. The first kappa shape index (κ1) is 13.6. The maximum Gasteiger partial charge on any atom is 0.328 e. The number of aliphatic hydroxyl groups excluding tert-OH is 1. The van der Waals surface area contributed by atoms with E-state index >= 15 is 0 Å². The zero-order valence-electron chi connectivity index (χ0n) is 9.26. The number of rotatable bonds is 4. The molecular weight excluding hydrogens is 246 g/mol. The molecular formula is C9H11N3O6. The van der Waals surface area contributed by atoms with Crippen molar-refractivity contribution in [2.75, 3.05) is 0 Å². The highest BCUT2D eigenvalue weighted by molar-refractivity contribution is 5.96. The van der Waals surface area contributed by atoms with Crippen LogP contribution in [0.25, 0.3) is 0 Å². The Morgan fingerprint density at radius 3 is 2.44 bits per heavy atom. The zero-order valence-corrected chi connectivity index (χ0v) is 9.26. The Hall–Kier alpha value is -2.42. The van der Waals surface area contributed by atoms with Gasteiger partial charge in [-0.2, -0.15) is 0 Å². The average Bonchev–Trinajstić information content (AvgIpc) is 2.24. The standard InChI is InChI=1S/C9H11N3O6/c1-3(13)5(8(16)17)11-6(14)4-2-10-9(18)12-7(4)15/h2-3,5,13H,1H3,(H,11,14)(H,16,17)(H2,10,12,15,18). The smallest absolute Gasteiger partial charge is 0.328 e. The molecule has 5 N–H and O–H groups in total. The predicted molar refractivity (Wildman–Crippen MR) is 58.3 cm³/mol. The van der Waals surface area contributed by atoms with Crippen LogP contribution in [0.3, 0.4) is 0 Å². The van der Waals surface area contributed by atoms with E-state index in [1.807, 2.05) is 10.3 Å². The highest BCUT2D eigenvalue weighted by atomic mass is 16.4. The van der Waals surface area contributed by atoms with E-state index in [-0.39, 0.29) is 0 Å². The van der Waals surface area contributed by atoms with Crippen molar-refractivity contribution in [3.63, 3.8) is 0 Å². The first-order chi connectivity index (χ1) is 8.32. The number of H-pyrrole nitrogens is 2. The summed E-state index contributed by atoms with van der Waals surface area (Å²) >= 11 is 0. The van der Waals surface area contributed by atoms with Crippen molar-refractivity contribution in [3.05, 3.63) is 32.6 Å². The number of amides is 1. The summed E-state index contributed by atoms with van der Waals surface area (Å²) in [5.41, 5.74) is -2.20. The minimum absolute atomic E-state index is 0.457. The van der Waals surface area contributed by atoms with Crippen LogP contribution in [-0.4, -0.2) is 44.2 Å². The third-order valence-corrected chi connectivity index (χ3v) is 2.10. The molecule has 9 heteroatoms. The van der Waals surface area contributed by atoms with Crippen LogP contribution in [0.5, 0.6) is 0 Å². The van der Waals surface area contributed by atoms with E-state index in [4.69, 9.17) is 10.2 Å². The maximum atomic E-state index is 11.6. The number of carboxylic acid groups (broad SMARTS) is 1. The van der Waals surface area contributed by atoms with Gasteiger partial charge in [-0.3, -0.25) is 14.6 Å². The summed E-state index contributed by atoms with van der Waals surface area (Å²) in [5.74, 6) is -2.46. The Kier molecular flexibility index (Phi) is 4.00. The summed E-state index contributed by atoms with van der Waals surface area (Å²) in [4.78, 5) is 48.2. The number of carbonyl (C=O) groups is 2. The minimum Gasteiger partial charge on any atom is -0.480 e. The van der Waals surface area contributed by atoms with Crippen LogP contribution in [-0.2, 0) is 4.79 Å². The van der Waals surface area contributed by atoms with E-state index in [2.05, 4.69) is 4.98 Å². The normalized spacial score (nSPS) is 13.7. The lowest BCUT2D eigenvalue weighted by Gasteiger charge is -2.16. The molecule has 1 amide bonds. The van der Waals surface area contributed by atoms with Gasteiger partial charge in [0.2, 0.25) is 0 Å². The van der Waals surface area contributed by atoms with Crippen LogP contribution >= 0.6 is 0 Å². The Balaban J connectivity index is 2.98. The Morgan fingerprint density at radius 2 is 2.00 bits per heavy atom. The van der Waals surface area contributed by atoms with E-state index in [0.717, 1.165) is 6.20 Å². The Morgan fingerprint density at radius 1 is 1.39 bits per heavy atom. The number of aliphatic hydroxyl groups is 1. The van der Waals surface area contributed by atoms with Gasteiger partial charge in [0.05, 0.1) is 6.10 Å². The molecule has 1 aromatic rings. The van der Waals surface area contributed by atoms with Crippen LogP contribution in [0, 0.1) is 0 Å². The van der Waals surface area contributed by atoms with E-state index in [0.29, 0.717) is 0 Å². The minimum atomic E-state index is -1.55. The molecule has 1 aromatic heterocycles. The van der Waals surface area contributed by atoms with Gasteiger partial charge < -0.3 is 20.5 Å². The highest BCUT2D eigenvalue weighted by Crippen LogP contribution is 1.95. The van der Waals surface area contributed by atoms with Crippen molar-refractivity contribution in [3.8, 4) is 0 Å². The summed E-state index contributed by atoms with van der Waals surface area (Å²) < 4.78 is 0. The number of aromatic amines is 2. The second-order valence-corrected chi connectivity index (χ2v) is 3.52. The molecule has 0 aliphatic carbocycles. The zero-order chi connectivity index (χ0) is 13.9. The second-order valence-electron chi connectivity index (χ2n) is 3.52. The lowest BCUT2D eigenvalue weighted by Crippen LogP contribution is -2.49. The second kappa shape index (κ2) is 5.27. The fourth-order valence-corrected chi connectivity index (χ4v) is 1.19. The predicted octanol–water partition coefficient (Wildman–Crippen LogP) is -2.37. The molecule has 0 aliphatic rings. The molecule has 0 spiro atoms. The number of carbonyl (C=O) groups excluding carboxylic acids is 1. The first-order valence-electron chi connectivity index (χ1n) is 4.86. The van der Waals surface area contributed by atoms with Crippen LogP contribution in [0.1, 0.15) is 17.3 Å². The van der Waals surface area contributed by atoms with Crippen molar-refractivity contribution in [1.29, 1.82) is 0 Å². The van der Waals surface area contributed by atoms with Gasteiger partial charge in [0, 0.05) is 6.20 Å². The van der Waals surface area contributed by atoms with Crippen molar-refractivity contribution in [1.82, 2.24) is 15.3 Å². The maximum absolute atomic E-state index is 11.6. The van der Waals surface area contributed by atoms with E-state index < -0.39 is 40.8 Å². The van der Waals surface area contributed by atoms with Crippen LogP contribution in [0.2, 0.25) is 0 Å². The van der Waals surface area contributed by atoms with Crippen molar-refractivity contribution in [2.24, 2.45) is 0 Å². The van der Waals surface area contributed by atoms with Gasteiger partial charge >= 0.3 is 11.7 Å². The van der Waals surface area contributed by atoms with Gasteiger partial charge in [-0.25, -0.2) is 9.59 Å². The van der Waals surface area contributed by atoms with Crippen LogP contribution in [0.15, 0.2) is 15.8 Å². The summed E-state index contributed by atoms with van der Waals surface area (Å²) in [6.07, 6.45) is -0.481. The number of carboxylic acids is 1. The molecule has 1 heterocycles. The molecule has 0 fully saturated rings. The van der Waals surface area contributed by atoms with Gasteiger partial charge in [0.1, 0.15) is 5.56 Å². The highest BCUT2D eigenvalue weighted by Gasteiger charge is 2.26. The third kappa shape index (κ3) is 3.04. The summed E-state index contributed by atoms with van der Waals surface area (Å²) in [5, 5.41) is 19.8. The summed E-state index contributed by atoms with van der Waals surface area (Å²) in [6.45, 7) is 1.18. The van der Waals surface area contributed by atoms with Crippen molar-refractivity contribution in [2.45, 2.75) is 19.1 Å². The molecule has 0 aromatic carbocycles. The number of aromatic nitrogens is 2. The lowest BCUT2D eigenvalue weighted by molar-refractivity contribution is -0.141. The molecule has 98 valence electrons. The SMILES string of the molecule is CC(O)C(NC(=O)c1c[nH]c(=O)[nH]c1=O)C(=O)O. The molecule has 0 aliphatic heterocycles. The van der Waals surface area contributed by atoms with Crippen LogP contribution < -0.4 is 16.6 Å². The molecule has 18 heavy (non-hydrogen) atoms. The molecule has 0 saturated heterocycles. The van der Waals surface area contributed by atoms with Gasteiger partial charge in [0.15, 0.2) is 6.04 Å². The fourth-order valence-electron chi connectivity index (χ4n) is 1.19. The quantitative estimate of drug-likeness (QED) is 0.406. The first-order valence-corrected chi connectivity index (χ1v) is 4.86. The van der Waals surface area contributed by atoms with E-state index in [1.165, 1.54) is 6.92 Å². The van der Waals surface area contributed by atoms with Gasteiger partial charge in [-0.15, -0.1) is 0 Å². The number of nitrogens with one attached hydrogen (secondary N) is 3. The summed E-state index contributed by atoms with van der Waals surface area (Å²) in [6, 6.07) is -1.55. The number of hydrogen-bond donors (Lipinski definition) is 5. The molecule has 0 bridgehead atoms. The van der Waals surface area contributed by atoms with Crippen molar-refractivity contribution >= 4 is 11.9 Å². The Bertz CT molecular complexity index is 572. The molecule has 2 unspecified atom stereocenters. The fraction of sp³-hybridized carbons (Fsp3) is 0.333. The number of hydrogen-bond acceptors (Lipinski definition) is 5. The Labute approximate surface area is 99.5 Å². The van der Waals surface area contributed by atoms with E-state index in [1.54, 1.807) is 0 Å². The lowest BCUT2D eigenvalue weighted by atomic mass is 10.1. The van der Waals surface area contributed by atoms with E-state index in [9.17, 15) is 19.2 Å². The third-order valence-electron chi connectivity index (χ3n) is 2.10. The topological polar surface area (TPSA) is 152 Å². The monoisotopic (exact) mass is 257 g/mol.